The minimum absolute atomic E-state index is 0.638. The van der Waals surface area contributed by atoms with Gasteiger partial charge >= 0.3 is 0 Å². The van der Waals surface area contributed by atoms with Crippen molar-refractivity contribution in [3.63, 3.8) is 0 Å². The molecule has 4 rings (SSSR count). The van der Waals surface area contributed by atoms with Crippen LogP contribution in [0.2, 0.25) is 0 Å². The van der Waals surface area contributed by atoms with E-state index < -0.39 is 0 Å². The van der Waals surface area contributed by atoms with Crippen molar-refractivity contribution in [2.24, 2.45) is 9.98 Å². The molecule has 2 aromatic carbocycles. The Balaban J connectivity index is 1.38. The lowest BCUT2D eigenvalue weighted by Crippen LogP contribution is -1.82. The Morgan fingerprint density at radius 2 is 0.893 bits per heavy atom. The maximum absolute atomic E-state index is 4.37. The van der Waals surface area contributed by atoms with E-state index >= 15 is 0 Å². The third-order valence-electron chi connectivity index (χ3n) is 4.19. The zero-order chi connectivity index (χ0) is 19.0. The number of pyridine rings is 2. The fraction of sp³-hybridized carbons (Fsp3) is 0. The zero-order valence-corrected chi connectivity index (χ0v) is 15.2. The smallest absolute Gasteiger partial charge is 0.151 e. The summed E-state index contributed by atoms with van der Waals surface area (Å²) in [5.74, 6) is 1.28. The van der Waals surface area contributed by atoms with Crippen LogP contribution in [0.25, 0.3) is 22.3 Å². The normalized spacial score (nSPS) is 11.3. The van der Waals surface area contributed by atoms with E-state index in [-0.39, 0.29) is 0 Å². The molecule has 0 aliphatic carbocycles. The van der Waals surface area contributed by atoms with Crippen molar-refractivity contribution in [1.29, 1.82) is 0 Å². The van der Waals surface area contributed by atoms with Gasteiger partial charge in [-0.1, -0.05) is 60.7 Å². The lowest BCUT2D eigenvalue weighted by atomic mass is 10.1. The minimum Gasteiger partial charge on any atom is -0.237 e. The van der Waals surface area contributed by atoms with Gasteiger partial charge in [0.2, 0.25) is 0 Å². The Morgan fingerprint density at radius 1 is 0.464 bits per heavy atom. The number of benzene rings is 2. The standard InChI is InChI=1S/C24H18N4/c1-3-7-19(8-4-1)21-11-13-23(27-17-21)25-15-16-26-24-14-12-22(18-28-24)20-9-5-2-6-10-20/h1-18H. The highest BCUT2D eigenvalue weighted by Crippen LogP contribution is 2.20. The fourth-order valence-electron chi connectivity index (χ4n) is 2.75. The van der Waals surface area contributed by atoms with Gasteiger partial charge in [0.1, 0.15) is 0 Å². The molecule has 0 saturated carbocycles. The maximum Gasteiger partial charge on any atom is 0.151 e. The predicted octanol–water partition coefficient (Wildman–Crippen LogP) is 5.92. The number of nitrogens with zero attached hydrogens (tertiary/aromatic N) is 4. The summed E-state index contributed by atoms with van der Waals surface area (Å²) in [6.07, 6.45) is 6.89. The summed E-state index contributed by atoms with van der Waals surface area (Å²) >= 11 is 0. The number of aromatic nitrogens is 2. The molecule has 4 nitrogen and oxygen atoms in total. The van der Waals surface area contributed by atoms with E-state index in [2.05, 4.69) is 44.2 Å². The number of aliphatic imine (C=N–C) groups is 2. The van der Waals surface area contributed by atoms with E-state index in [1.165, 1.54) is 0 Å². The van der Waals surface area contributed by atoms with Crippen LogP contribution in [0, 0.1) is 0 Å². The highest BCUT2D eigenvalue weighted by Gasteiger charge is 1.98. The SMILES string of the molecule is C(C=Nc1ccc(-c2ccccc2)cn1)=Nc1ccc(-c2ccccc2)cn1. The van der Waals surface area contributed by atoms with Gasteiger partial charge in [0.15, 0.2) is 11.6 Å². The lowest BCUT2D eigenvalue weighted by molar-refractivity contribution is 1.28. The summed E-state index contributed by atoms with van der Waals surface area (Å²) in [4.78, 5) is 17.4. The van der Waals surface area contributed by atoms with Crippen molar-refractivity contribution < 1.29 is 0 Å². The number of hydrogen-bond acceptors (Lipinski definition) is 4. The molecule has 134 valence electrons. The van der Waals surface area contributed by atoms with Gasteiger partial charge in [0.25, 0.3) is 0 Å². The van der Waals surface area contributed by atoms with Gasteiger partial charge < -0.3 is 0 Å². The molecule has 28 heavy (non-hydrogen) atoms. The van der Waals surface area contributed by atoms with Crippen molar-refractivity contribution in [2.75, 3.05) is 0 Å². The number of hydrogen-bond donors (Lipinski definition) is 0. The maximum atomic E-state index is 4.37. The Kier molecular flexibility index (Phi) is 5.40. The van der Waals surface area contributed by atoms with E-state index in [0.717, 1.165) is 22.3 Å². The first kappa shape index (κ1) is 17.5. The van der Waals surface area contributed by atoms with Gasteiger partial charge in [-0.15, -0.1) is 0 Å². The van der Waals surface area contributed by atoms with Gasteiger partial charge in [-0.2, -0.15) is 0 Å². The summed E-state index contributed by atoms with van der Waals surface area (Å²) in [6, 6.07) is 28.1. The Hall–Kier alpha value is -3.92. The molecule has 0 N–H and O–H groups in total. The second-order valence-corrected chi connectivity index (χ2v) is 6.10. The molecule has 0 radical (unpaired) electrons. The fourth-order valence-corrected chi connectivity index (χ4v) is 2.75. The van der Waals surface area contributed by atoms with Gasteiger partial charge in [-0.05, 0) is 35.4 Å². The second kappa shape index (κ2) is 8.64. The summed E-state index contributed by atoms with van der Waals surface area (Å²) in [6.45, 7) is 0. The first-order valence-electron chi connectivity index (χ1n) is 8.98. The van der Waals surface area contributed by atoms with E-state index in [0.29, 0.717) is 11.6 Å². The van der Waals surface area contributed by atoms with Crippen molar-refractivity contribution in [3.05, 3.63) is 97.3 Å². The number of rotatable bonds is 5. The van der Waals surface area contributed by atoms with Crippen molar-refractivity contribution >= 4 is 24.1 Å². The van der Waals surface area contributed by atoms with Crippen LogP contribution < -0.4 is 0 Å². The van der Waals surface area contributed by atoms with Gasteiger partial charge in [-0.25, -0.2) is 20.0 Å². The summed E-state index contributed by atoms with van der Waals surface area (Å²) in [7, 11) is 0. The Morgan fingerprint density at radius 3 is 1.25 bits per heavy atom. The highest BCUT2D eigenvalue weighted by molar-refractivity contribution is 6.17. The molecule has 0 saturated heterocycles. The van der Waals surface area contributed by atoms with Gasteiger partial charge in [0.05, 0.1) is 0 Å². The molecule has 4 aromatic rings. The molecular formula is C24H18N4. The predicted molar refractivity (Wildman–Crippen MR) is 116 cm³/mol. The summed E-state index contributed by atoms with van der Waals surface area (Å²) in [5.41, 5.74) is 4.40. The Bertz CT molecular complexity index is 978. The third-order valence-corrected chi connectivity index (χ3v) is 4.19. The van der Waals surface area contributed by atoms with Gasteiger partial charge in [0, 0.05) is 35.9 Å². The molecule has 0 amide bonds. The first-order valence-corrected chi connectivity index (χ1v) is 8.98. The molecule has 2 aromatic heterocycles. The molecule has 0 atom stereocenters. The van der Waals surface area contributed by atoms with Crippen LogP contribution in [0.5, 0.6) is 0 Å². The molecule has 4 heteroatoms. The summed E-state index contributed by atoms with van der Waals surface area (Å²) < 4.78 is 0. The summed E-state index contributed by atoms with van der Waals surface area (Å²) in [5, 5.41) is 0. The zero-order valence-electron chi connectivity index (χ0n) is 15.2. The van der Waals surface area contributed by atoms with Crippen molar-refractivity contribution in [2.45, 2.75) is 0 Å². The molecule has 0 fully saturated rings. The Labute approximate surface area is 164 Å². The molecule has 2 heterocycles. The van der Waals surface area contributed by atoms with Crippen molar-refractivity contribution in [3.8, 4) is 22.3 Å². The average Bonchev–Trinajstić information content (AvgIpc) is 2.79. The molecule has 0 unspecified atom stereocenters. The quantitative estimate of drug-likeness (QED) is 0.414. The van der Waals surface area contributed by atoms with Crippen LogP contribution in [0.4, 0.5) is 11.6 Å². The van der Waals surface area contributed by atoms with Crippen LogP contribution in [0.1, 0.15) is 0 Å². The highest BCUT2D eigenvalue weighted by atomic mass is 14.9. The van der Waals surface area contributed by atoms with Crippen LogP contribution >= 0.6 is 0 Å². The lowest BCUT2D eigenvalue weighted by Gasteiger charge is -2.00. The van der Waals surface area contributed by atoms with E-state index in [9.17, 15) is 0 Å². The molecular weight excluding hydrogens is 344 g/mol. The molecule has 0 bridgehead atoms. The second-order valence-electron chi connectivity index (χ2n) is 6.10. The first-order chi connectivity index (χ1) is 13.9. The third kappa shape index (κ3) is 4.43. The van der Waals surface area contributed by atoms with Crippen LogP contribution in [0.15, 0.2) is 107 Å². The largest absolute Gasteiger partial charge is 0.237 e. The van der Waals surface area contributed by atoms with Crippen LogP contribution in [-0.4, -0.2) is 22.4 Å². The van der Waals surface area contributed by atoms with Gasteiger partial charge in [-0.3, -0.25) is 0 Å². The molecule has 0 aliphatic rings. The van der Waals surface area contributed by atoms with E-state index in [4.69, 9.17) is 0 Å². The molecule has 0 aliphatic heterocycles. The molecule has 0 spiro atoms. The topological polar surface area (TPSA) is 50.5 Å². The monoisotopic (exact) mass is 362 g/mol. The van der Waals surface area contributed by atoms with Crippen LogP contribution in [0.3, 0.4) is 0 Å². The van der Waals surface area contributed by atoms with E-state index in [1.54, 1.807) is 12.4 Å². The average molecular weight is 362 g/mol. The van der Waals surface area contributed by atoms with E-state index in [1.807, 2.05) is 73.1 Å². The van der Waals surface area contributed by atoms with Crippen LogP contribution in [-0.2, 0) is 0 Å². The van der Waals surface area contributed by atoms with Crippen molar-refractivity contribution in [1.82, 2.24) is 9.97 Å². The minimum atomic E-state index is 0.638.